The molecule has 0 bridgehead atoms. The molecule has 102 valence electrons. The van der Waals surface area contributed by atoms with Gasteiger partial charge in [-0.15, -0.1) is 11.3 Å². The van der Waals surface area contributed by atoms with Crippen LogP contribution in [-0.2, 0) is 0 Å². The summed E-state index contributed by atoms with van der Waals surface area (Å²) in [4.78, 5) is 23.3. The van der Waals surface area contributed by atoms with E-state index in [9.17, 15) is 9.59 Å². The van der Waals surface area contributed by atoms with Crippen molar-refractivity contribution in [3.05, 3.63) is 62.9 Å². The Morgan fingerprint density at radius 1 is 1.10 bits per heavy atom. The van der Waals surface area contributed by atoms with Crippen molar-refractivity contribution in [2.24, 2.45) is 0 Å². The highest BCUT2D eigenvalue weighted by Gasteiger charge is 2.10. The normalized spacial score (nSPS) is 10.9. The molecule has 2 rings (SSSR count). The Hall–Kier alpha value is -2.20. The highest BCUT2D eigenvalue weighted by atomic mass is 32.1. The number of hydrogen-bond donors (Lipinski definition) is 1. The van der Waals surface area contributed by atoms with Crippen LogP contribution >= 0.6 is 11.3 Å². The van der Waals surface area contributed by atoms with Crippen LogP contribution in [0.25, 0.3) is 6.08 Å². The maximum atomic E-state index is 12.0. The van der Waals surface area contributed by atoms with Gasteiger partial charge in [0, 0.05) is 0 Å². The third kappa shape index (κ3) is 3.22. The molecule has 0 aliphatic carbocycles. The van der Waals surface area contributed by atoms with Gasteiger partial charge in [-0.25, -0.2) is 4.79 Å². The first-order valence-corrected chi connectivity index (χ1v) is 6.92. The number of carboxylic acid groups (broad SMARTS) is 1. The summed E-state index contributed by atoms with van der Waals surface area (Å²) in [5.41, 5.74) is 3.26. The van der Waals surface area contributed by atoms with E-state index in [2.05, 4.69) is 6.07 Å². The van der Waals surface area contributed by atoms with E-state index in [1.165, 1.54) is 17.7 Å². The second-order valence-electron chi connectivity index (χ2n) is 4.53. The van der Waals surface area contributed by atoms with Crippen molar-refractivity contribution in [3.8, 4) is 0 Å². The Morgan fingerprint density at radius 2 is 1.80 bits per heavy atom. The number of carbonyl (C=O) groups excluding carboxylic acids is 1. The Bertz CT molecular complexity index is 695. The van der Waals surface area contributed by atoms with Crippen molar-refractivity contribution in [2.45, 2.75) is 13.8 Å². The first-order valence-electron chi connectivity index (χ1n) is 6.10. The SMILES string of the molecule is Cc1ccc(/C=C/C(=O)c2ccc(C(=O)O)s2)c(C)c1. The molecule has 0 radical (unpaired) electrons. The Labute approximate surface area is 121 Å². The van der Waals surface area contributed by atoms with E-state index in [0.29, 0.717) is 4.88 Å². The van der Waals surface area contributed by atoms with Gasteiger partial charge in [-0.05, 0) is 43.2 Å². The zero-order valence-electron chi connectivity index (χ0n) is 11.2. The van der Waals surface area contributed by atoms with Crippen molar-refractivity contribution in [1.82, 2.24) is 0 Å². The number of aryl methyl sites for hydroxylation is 2. The molecular formula is C16H14O3S. The predicted molar refractivity (Wildman–Crippen MR) is 80.6 cm³/mol. The quantitative estimate of drug-likeness (QED) is 0.683. The number of ketones is 1. The van der Waals surface area contributed by atoms with E-state index in [4.69, 9.17) is 5.11 Å². The highest BCUT2D eigenvalue weighted by Crippen LogP contribution is 2.18. The topological polar surface area (TPSA) is 54.4 Å². The highest BCUT2D eigenvalue weighted by molar-refractivity contribution is 7.16. The molecule has 20 heavy (non-hydrogen) atoms. The Balaban J connectivity index is 2.17. The minimum atomic E-state index is -1.01. The molecule has 0 amide bonds. The number of carbonyl (C=O) groups is 2. The second-order valence-corrected chi connectivity index (χ2v) is 5.61. The molecular weight excluding hydrogens is 272 g/mol. The fourth-order valence-corrected chi connectivity index (χ4v) is 2.61. The number of aromatic carboxylic acids is 1. The zero-order chi connectivity index (χ0) is 14.7. The summed E-state index contributed by atoms with van der Waals surface area (Å²) in [6.07, 6.45) is 3.24. The van der Waals surface area contributed by atoms with Crippen molar-refractivity contribution in [3.63, 3.8) is 0 Å². The molecule has 0 saturated carbocycles. The predicted octanol–water partition coefficient (Wildman–Crippen LogP) is 3.96. The van der Waals surface area contributed by atoms with Crippen molar-refractivity contribution < 1.29 is 14.7 Å². The van der Waals surface area contributed by atoms with Gasteiger partial charge < -0.3 is 5.11 Å². The molecule has 3 nitrogen and oxygen atoms in total. The molecule has 0 unspecified atom stereocenters. The lowest BCUT2D eigenvalue weighted by Crippen LogP contribution is -1.91. The second kappa shape index (κ2) is 5.84. The monoisotopic (exact) mass is 286 g/mol. The molecule has 0 fully saturated rings. The van der Waals surface area contributed by atoms with E-state index in [1.54, 1.807) is 12.1 Å². The lowest BCUT2D eigenvalue weighted by atomic mass is 10.1. The van der Waals surface area contributed by atoms with Crippen LogP contribution in [0.3, 0.4) is 0 Å². The third-order valence-corrected chi connectivity index (χ3v) is 3.99. The molecule has 1 N–H and O–H groups in total. The molecule has 0 saturated heterocycles. The average molecular weight is 286 g/mol. The summed E-state index contributed by atoms with van der Waals surface area (Å²) in [5, 5.41) is 8.83. The van der Waals surface area contributed by atoms with Crippen LogP contribution in [0.15, 0.2) is 36.4 Å². The number of carboxylic acids is 1. The summed E-state index contributed by atoms with van der Waals surface area (Å²) in [6.45, 7) is 4.01. The largest absolute Gasteiger partial charge is 0.477 e. The smallest absolute Gasteiger partial charge is 0.345 e. The maximum absolute atomic E-state index is 12.0. The molecule has 4 heteroatoms. The minimum absolute atomic E-state index is 0.174. The van der Waals surface area contributed by atoms with Crippen molar-refractivity contribution in [2.75, 3.05) is 0 Å². The van der Waals surface area contributed by atoms with Gasteiger partial charge in [0.25, 0.3) is 0 Å². The van der Waals surface area contributed by atoms with Crippen molar-refractivity contribution in [1.29, 1.82) is 0 Å². The lowest BCUT2D eigenvalue weighted by molar-refractivity contribution is 0.0702. The van der Waals surface area contributed by atoms with Crippen LogP contribution in [0.4, 0.5) is 0 Å². The number of allylic oxidation sites excluding steroid dienone is 1. The van der Waals surface area contributed by atoms with Crippen LogP contribution in [0.1, 0.15) is 36.0 Å². The summed E-state index contributed by atoms with van der Waals surface area (Å²) < 4.78 is 0. The summed E-state index contributed by atoms with van der Waals surface area (Å²) in [7, 11) is 0. The van der Waals surface area contributed by atoms with E-state index in [0.717, 1.165) is 22.5 Å². The standard InChI is InChI=1S/C16H14O3S/c1-10-3-4-12(11(2)9-10)5-6-13(17)14-7-8-15(20-14)16(18)19/h3-9H,1-2H3,(H,18,19)/b6-5+. The number of rotatable bonds is 4. The van der Waals surface area contributed by atoms with E-state index in [1.807, 2.05) is 26.0 Å². The van der Waals surface area contributed by atoms with Gasteiger partial charge in [-0.2, -0.15) is 0 Å². The average Bonchev–Trinajstić information content (AvgIpc) is 2.87. The van der Waals surface area contributed by atoms with E-state index in [-0.39, 0.29) is 10.7 Å². The van der Waals surface area contributed by atoms with Crippen LogP contribution in [0.2, 0.25) is 0 Å². The lowest BCUT2D eigenvalue weighted by Gasteiger charge is -2.01. The van der Waals surface area contributed by atoms with Gasteiger partial charge >= 0.3 is 5.97 Å². The van der Waals surface area contributed by atoms with Crippen LogP contribution in [0, 0.1) is 13.8 Å². The van der Waals surface area contributed by atoms with Gasteiger partial charge in [-0.1, -0.05) is 29.8 Å². The molecule has 0 spiro atoms. The first kappa shape index (κ1) is 14.2. The van der Waals surface area contributed by atoms with Gasteiger partial charge in [-0.3, -0.25) is 4.79 Å². The van der Waals surface area contributed by atoms with Gasteiger partial charge in [0.15, 0.2) is 5.78 Å². The fourth-order valence-electron chi connectivity index (χ4n) is 1.85. The van der Waals surface area contributed by atoms with E-state index >= 15 is 0 Å². The molecule has 1 aromatic carbocycles. The molecule has 0 atom stereocenters. The molecule has 1 aromatic heterocycles. The summed E-state index contributed by atoms with van der Waals surface area (Å²) in [6, 6.07) is 9.00. The Morgan fingerprint density at radius 3 is 2.40 bits per heavy atom. The number of benzene rings is 1. The van der Waals surface area contributed by atoms with Crippen LogP contribution in [0.5, 0.6) is 0 Å². The zero-order valence-corrected chi connectivity index (χ0v) is 12.0. The first-order chi connectivity index (χ1) is 9.47. The number of hydrogen-bond acceptors (Lipinski definition) is 3. The van der Waals surface area contributed by atoms with Crippen molar-refractivity contribution >= 4 is 29.2 Å². The van der Waals surface area contributed by atoms with Gasteiger partial charge in [0.2, 0.25) is 0 Å². The maximum Gasteiger partial charge on any atom is 0.345 e. The minimum Gasteiger partial charge on any atom is -0.477 e. The van der Waals surface area contributed by atoms with E-state index < -0.39 is 5.97 Å². The molecule has 1 heterocycles. The van der Waals surface area contributed by atoms with Gasteiger partial charge in [0.05, 0.1) is 4.88 Å². The third-order valence-electron chi connectivity index (χ3n) is 2.90. The van der Waals surface area contributed by atoms with Crippen LogP contribution < -0.4 is 0 Å². The Kier molecular flexibility index (Phi) is 4.15. The fraction of sp³-hybridized carbons (Fsp3) is 0.125. The number of thiophene rings is 1. The summed E-state index contributed by atoms with van der Waals surface area (Å²) >= 11 is 0.991. The summed E-state index contributed by atoms with van der Waals surface area (Å²) in [5.74, 6) is -1.19. The molecule has 2 aromatic rings. The molecule has 0 aliphatic heterocycles. The molecule has 0 aliphatic rings. The van der Waals surface area contributed by atoms with Crippen LogP contribution in [-0.4, -0.2) is 16.9 Å². The van der Waals surface area contributed by atoms with Gasteiger partial charge in [0.1, 0.15) is 4.88 Å².